The summed E-state index contributed by atoms with van der Waals surface area (Å²) < 4.78 is 51.6. The van der Waals surface area contributed by atoms with Gasteiger partial charge in [-0.3, -0.25) is 43.7 Å². The van der Waals surface area contributed by atoms with E-state index < -0.39 is 121 Å². The van der Waals surface area contributed by atoms with Crippen molar-refractivity contribution in [3.63, 3.8) is 0 Å². The van der Waals surface area contributed by atoms with Gasteiger partial charge in [-0.25, -0.2) is 0 Å². The highest BCUT2D eigenvalue weighted by molar-refractivity contribution is 5.74. The van der Waals surface area contributed by atoms with Crippen LogP contribution in [0.1, 0.15) is 48.5 Å². The van der Waals surface area contributed by atoms with Gasteiger partial charge >= 0.3 is 29.8 Å². The number of carbonyl (C=O) groups is 7. The maximum atomic E-state index is 12.6. The first-order valence-corrected chi connectivity index (χ1v) is 16.1. The molecule has 292 valence electrons. The fraction of sp³-hybridized carbons (Fsp3) is 0.594. The molecule has 0 radical (unpaired) electrons. The fourth-order valence-corrected chi connectivity index (χ4v) is 5.56. The molecule has 1 aromatic rings. The van der Waals surface area contributed by atoms with E-state index >= 15 is 0 Å². The van der Waals surface area contributed by atoms with Crippen molar-refractivity contribution in [1.29, 1.82) is 0 Å². The Hall–Kier alpha value is -5.41. The Morgan fingerprint density at radius 2 is 1.04 bits per heavy atom. The number of ether oxygens (including phenoxy) is 9. The second-order valence-corrected chi connectivity index (χ2v) is 11.8. The molecule has 0 saturated carbocycles. The zero-order valence-corrected chi connectivity index (χ0v) is 29.8. The fourth-order valence-electron chi connectivity index (χ4n) is 5.56. The Kier molecular flexibility index (Phi) is 15.0. The lowest BCUT2D eigenvalue weighted by Gasteiger charge is -2.49. The number of esters is 5. The van der Waals surface area contributed by atoms with Crippen molar-refractivity contribution in [3.05, 3.63) is 34.4 Å². The second kappa shape index (κ2) is 18.9. The minimum Gasteiger partial charge on any atom is -0.463 e. The standard InChI is InChI=1S/C32H41N3O18/c1-14(36)33-25-30(49-20(7)42)28(24(13-46-17(4)39)51-31(25)50-22-10-8-21(9-11-22)35(43)44)53-32-26(34-15(2)37)29(48-19(6)41)27(47-18(5)40)23(52-32)12-45-16(3)38/h8-11,23-32H,12-13H2,1-7H3,(H,33,36)(H,34,37)/t23-,24-,25-,26-,27-,28-,29-,30-,31?,32+/m1/s1. The number of benzene rings is 1. The molecule has 2 fully saturated rings. The van der Waals surface area contributed by atoms with E-state index in [9.17, 15) is 43.7 Å². The lowest BCUT2D eigenvalue weighted by Crippen LogP contribution is -2.71. The van der Waals surface area contributed by atoms with E-state index in [0.29, 0.717) is 0 Å². The smallest absolute Gasteiger partial charge is 0.303 e. The largest absolute Gasteiger partial charge is 0.463 e. The van der Waals surface area contributed by atoms with Crippen LogP contribution in [0.3, 0.4) is 0 Å². The SMILES string of the molecule is CC(=O)N[C@H]1[C@H](O[C@H]2[C@H](OC(C)=O)[C@@H](NC(C)=O)C(Oc3ccc([N+](=O)[O-])cc3)O[C@@H]2COC(C)=O)O[C@H](COC(C)=O)[C@@H](OC(C)=O)[C@@H]1OC(C)=O. The molecule has 2 amide bonds. The van der Waals surface area contributed by atoms with Crippen LogP contribution in [-0.2, 0) is 71.5 Å². The highest BCUT2D eigenvalue weighted by Gasteiger charge is 2.56. The number of nitrogens with zero attached hydrogens (tertiary/aromatic N) is 1. The van der Waals surface area contributed by atoms with Crippen LogP contribution >= 0.6 is 0 Å². The number of rotatable bonds is 14. The summed E-state index contributed by atoms with van der Waals surface area (Å²) in [4.78, 5) is 96.5. The van der Waals surface area contributed by atoms with Crippen molar-refractivity contribution in [2.45, 2.75) is 110 Å². The van der Waals surface area contributed by atoms with Crippen molar-refractivity contribution in [2.75, 3.05) is 13.2 Å². The van der Waals surface area contributed by atoms with Gasteiger partial charge in [0.05, 0.1) is 4.92 Å². The first-order valence-electron chi connectivity index (χ1n) is 16.1. The van der Waals surface area contributed by atoms with E-state index in [2.05, 4.69) is 10.6 Å². The molecule has 21 heteroatoms. The minimum atomic E-state index is -1.72. The molecule has 1 aromatic carbocycles. The van der Waals surface area contributed by atoms with Gasteiger partial charge < -0.3 is 53.3 Å². The van der Waals surface area contributed by atoms with Gasteiger partial charge in [0.15, 0.2) is 24.6 Å². The van der Waals surface area contributed by atoms with E-state index in [0.717, 1.165) is 60.6 Å². The Morgan fingerprint density at radius 3 is 1.47 bits per heavy atom. The number of non-ortho nitro benzene ring substituents is 1. The molecule has 21 nitrogen and oxygen atoms in total. The summed E-state index contributed by atoms with van der Waals surface area (Å²) in [5.74, 6) is -5.45. The molecule has 2 saturated heterocycles. The molecule has 3 rings (SSSR count). The van der Waals surface area contributed by atoms with Gasteiger partial charge in [-0.2, -0.15) is 0 Å². The van der Waals surface area contributed by atoms with Gasteiger partial charge in [0, 0.05) is 60.6 Å². The molecule has 53 heavy (non-hydrogen) atoms. The second-order valence-electron chi connectivity index (χ2n) is 11.8. The van der Waals surface area contributed by atoms with Crippen molar-refractivity contribution < 1.29 is 81.1 Å². The summed E-state index contributed by atoms with van der Waals surface area (Å²) in [6, 6.07) is 1.92. The maximum Gasteiger partial charge on any atom is 0.303 e. The topological polar surface area (TPSA) is 270 Å². The Bertz CT molecular complexity index is 1540. The summed E-state index contributed by atoms with van der Waals surface area (Å²) in [6.07, 6.45) is -12.2. The molecule has 1 unspecified atom stereocenters. The number of carbonyl (C=O) groups excluding carboxylic acids is 7. The molecule has 0 aliphatic carbocycles. The number of amides is 2. The number of nitro groups is 1. The minimum absolute atomic E-state index is 0.0264. The summed E-state index contributed by atoms with van der Waals surface area (Å²) in [5.41, 5.74) is -0.254. The van der Waals surface area contributed by atoms with Gasteiger partial charge in [-0.05, 0) is 12.1 Å². The monoisotopic (exact) mass is 755 g/mol. The predicted octanol–water partition coefficient (Wildman–Crippen LogP) is -0.261. The first-order chi connectivity index (χ1) is 24.9. The molecule has 2 N–H and O–H groups in total. The average Bonchev–Trinajstić information content (AvgIpc) is 3.03. The average molecular weight is 756 g/mol. The van der Waals surface area contributed by atoms with Crippen LogP contribution in [-0.4, -0.2) is 121 Å². The van der Waals surface area contributed by atoms with Gasteiger partial charge in [0.2, 0.25) is 18.1 Å². The van der Waals surface area contributed by atoms with E-state index in [1.54, 1.807) is 0 Å². The summed E-state index contributed by atoms with van der Waals surface area (Å²) in [5, 5.41) is 16.3. The molecule has 0 spiro atoms. The zero-order valence-electron chi connectivity index (χ0n) is 29.8. The van der Waals surface area contributed by atoms with Crippen molar-refractivity contribution >= 4 is 47.3 Å². The van der Waals surface area contributed by atoms with Crippen molar-refractivity contribution in [1.82, 2.24) is 10.6 Å². The Balaban J connectivity index is 2.16. The lowest BCUT2D eigenvalue weighted by atomic mass is 9.94. The van der Waals surface area contributed by atoms with E-state index in [1.165, 1.54) is 12.1 Å². The lowest BCUT2D eigenvalue weighted by molar-refractivity contribution is -0.384. The van der Waals surface area contributed by atoms with E-state index in [4.69, 9.17) is 42.6 Å². The van der Waals surface area contributed by atoms with Crippen molar-refractivity contribution in [3.8, 4) is 5.75 Å². The molecular weight excluding hydrogens is 714 g/mol. The highest BCUT2D eigenvalue weighted by atomic mass is 16.7. The number of nitrogens with one attached hydrogen (secondary N) is 2. The highest BCUT2D eigenvalue weighted by Crippen LogP contribution is 2.34. The molecule has 2 heterocycles. The zero-order chi connectivity index (χ0) is 39.6. The molecule has 0 bridgehead atoms. The van der Waals surface area contributed by atoms with Crippen LogP contribution in [0.25, 0.3) is 0 Å². The predicted molar refractivity (Wildman–Crippen MR) is 171 cm³/mol. The Labute approximate surface area is 302 Å². The molecule has 2 aliphatic rings. The van der Waals surface area contributed by atoms with E-state index in [1.807, 2.05) is 0 Å². The normalized spacial score (nSPS) is 27.9. The summed E-state index contributed by atoms with van der Waals surface area (Å²) in [7, 11) is 0. The van der Waals surface area contributed by atoms with Gasteiger partial charge in [0.1, 0.15) is 49.4 Å². The summed E-state index contributed by atoms with van der Waals surface area (Å²) in [6.45, 7) is 6.47. The summed E-state index contributed by atoms with van der Waals surface area (Å²) >= 11 is 0. The number of hydrogen-bond acceptors (Lipinski definition) is 18. The maximum absolute atomic E-state index is 12.6. The Morgan fingerprint density at radius 1 is 0.623 bits per heavy atom. The molecule has 0 aromatic heterocycles. The molecular formula is C32H41N3O18. The third-order valence-electron chi connectivity index (χ3n) is 7.43. The number of nitro benzene ring substituents is 1. The van der Waals surface area contributed by atoms with Crippen LogP contribution in [0.15, 0.2) is 24.3 Å². The third-order valence-corrected chi connectivity index (χ3v) is 7.43. The van der Waals surface area contributed by atoms with Gasteiger partial charge in [-0.15, -0.1) is 0 Å². The van der Waals surface area contributed by atoms with Crippen LogP contribution in [0.4, 0.5) is 5.69 Å². The number of hydrogen-bond donors (Lipinski definition) is 2. The van der Waals surface area contributed by atoms with Crippen LogP contribution in [0.2, 0.25) is 0 Å². The van der Waals surface area contributed by atoms with E-state index in [-0.39, 0.29) is 11.4 Å². The van der Waals surface area contributed by atoms with Crippen LogP contribution in [0, 0.1) is 10.1 Å². The van der Waals surface area contributed by atoms with Crippen LogP contribution < -0.4 is 15.4 Å². The third kappa shape index (κ3) is 12.4. The van der Waals surface area contributed by atoms with Crippen LogP contribution in [0.5, 0.6) is 5.75 Å². The first kappa shape index (κ1) is 42.0. The quantitative estimate of drug-likeness (QED) is 0.107. The molecule has 2 aliphatic heterocycles. The molecule has 10 atom stereocenters. The van der Waals surface area contributed by atoms with Crippen molar-refractivity contribution in [2.24, 2.45) is 0 Å². The van der Waals surface area contributed by atoms with Gasteiger partial charge in [0.25, 0.3) is 5.69 Å². The van der Waals surface area contributed by atoms with Gasteiger partial charge in [-0.1, -0.05) is 0 Å².